The molecule has 8 heteroatoms. The Morgan fingerprint density at radius 3 is 2.19 bits per heavy atom. The molecule has 0 unspecified atom stereocenters. The van der Waals surface area contributed by atoms with Crippen molar-refractivity contribution in [3.63, 3.8) is 0 Å². The molecule has 36 heavy (non-hydrogen) atoms. The normalized spacial score (nSPS) is 11.8. The van der Waals surface area contributed by atoms with Gasteiger partial charge in [-0.2, -0.15) is 5.26 Å². The van der Waals surface area contributed by atoms with Crippen molar-refractivity contribution in [3.8, 4) is 22.9 Å². The fraction of sp³-hybridized carbons (Fsp3) is 0.286. The molecule has 3 aromatic rings. The first-order valence-electron chi connectivity index (χ1n) is 11.6. The van der Waals surface area contributed by atoms with Crippen LogP contribution in [-0.2, 0) is 14.4 Å². The fourth-order valence-corrected chi connectivity index (χ4v) is 3.91. The van der Waals surface area contributed by atoms with Crippen LogP contribution in [-0.4, -0.2) is 41.0 Å². The van der Waals surface area contributed by atoms with Crippen LogP contribution >= 0.6 is 0 Å². The Hall–Kier alpha value is -4.38. The molecule has 0 saturated carbocycles. The van der Waals surface area contributed by atoms with E-state index >= 15 is 0 Å². The zero-order valence-electron chi connectivity index (χ0n) is 20.6. The number of hydrogen-bond acceptors (Lipinski definition) is 4. The van der Waals surface area contributed by atoms with Crippen molar-refractivity contribution in [1.82, 2.24) is 15.2 Å². The van der Waals surface area contributed by atoms with Crippen molar-refractivity contribution in [2.75, 3.05) is 13.6 Å². The van der Waals surface area contributed by atoms with E-state index in [4.69, 9.17) is 5.26 Å². The van der Waals surface area contributed by atoms with Crippen LogP contribution in [0.3, 0.4) is 0 Å². The van der Waals surface area contributed by atoms with Gasteiger partial charge in [0, 0.05) is 38.1 Å². The summed E-state index contributed by atoms with van der Waals surface area (Å²) in [5.74, 6) is -2.45. The standard InChI is InChI=1S/C28H30N4O4/c1-28(2,15-25(33)30-3)18-31-27(36)24(14-26(34)35)22-12-13-32(17-22)23-10-8-21(9-11-23)20-6-4-19(16-29)5-7-20/h4-13,17,24H,14-15,18H2,1-3H3,(H,30,33)(H,31,36)(H,34,35)/t24-/m0/s1. The molecule has 0 aliphatic heterocycles. The molecule has 3 rings (SSSR count). The molecule has 0 aliphatic carbocycles. The first kappa shape index (κ1) is 26.2. The molecular formula is C28H30N4O4. The summed E-state index contributed by atoms with van der Waals surface area (Å²) < 4.78 is 1.84. The summed E-state index contributed by atoms with van der Waals surface area (Å²) in [6.07, 6.45) is 3.45. The maximum Gasteiger partial charge on any atom is 0.304 e. The molecule has 2 amide bonds. The number of aliphatic carboxylic acids is 1. The van der Waals surface area contributed by atoms with E-state index in [1.165, 1.54) is 0 Å². The van der Waals surface area contributed by atoms with Crippen molar-refractivity contribution in [2.24, 2.45) is 5.41 Å². The maximum atomic E-state index is 13.0. The minimum Gasteiger partial charge on any atom is -0.481 e. The Morgan fingerprint density at radius 2 is 1.64 bits per heavy atom. The number of nitrogens with one attached hydrogen (secondary N) is 2. The number of amides is 2. The van der Waals surface area contributed by atoms with Crippen molar-refractivity contribution in [3.05, 3.63) is 78.1 Å². The highest BCUT2D eigenvalue weighted by molar-refractivity contribution is 5.88. The summed E-state index contributed by atoms with van der Waals surface area (Å²) in [5.41, 5.74) is 3.57. The van der Waals surface area contributed by atoms with Gasteiger partial charge in [-0.3, -0.25) is 14.4 Å². The third-order valence-corrected chi connectivity index (χ3v) is 5.99. The van der Waals surface area contributed by atoms with Gasteiger partial charge in [-0.25, -0.2) is 0 Å². The van der Waals surface area contributed by atoms with Gasteiger partial charge in [-0.05, 0) is 52.4 Å². The lowest BCUT2D eigenvalue weighted by Gasteiger charge is -2.25. The number of benzene rings is 2. The van der Waals surface area contributed by atoms with Crippen LogP contribution in [0.2, 0.25) is 0 Å². The minimum atomic E-state index is -1.07. The lowest BCUT2D eigenvalue weighted by Crippen LogP contribution is -2.39. The molecule has 8 nitrogen and oxygen atoms in total. The number of aromatic nitrogens is 1. The second kappa shape index (κ2) is 11.4. The van der Waals surface area contributed by atoms with Crippen LogP contribution < -0.4 is 10.6 Å². The molecular weight excluding hydrogens is 456 g/mol. The van der Waals surface area contributed by atoms with Crippen molar-refractivity contribution < 1.29 is 19.5 Å². The van der Waals surface area contributed by atoms with Gasteiger partial charge in [0.2, 0.25) is 11.8 Å². The molecule has 1 heterocycles. The Bertz CT molecular complexity index is 1270. The minimum absolute atomic E-state index is 0.126. The van der Waals surface area contributed by atoms with Gasteiger partial charge in [0.25, 0.3) is 0 Å². The van der Waals surface area contributed by atoms with Crippen LogP contribution in [0.15, 0.2) is 67.0 Å². The van der Waals surface area contributed by atoms with Gasteiger partial charge in [0.05, 0.1) is 24.0 Å². The van der Waals surface area contributed by atoms with Crippen molar-refractivity contribution >= 4 is 17.8 Å². The Balaban J connectivity index is 1.74. The average Bonchev–Trinajstić information content (AvgIpc) is 3.35. The summed E-state index contributed by atoms with van der Waals surface area (Å²) in [5, 5.41) is 23.8. The highest BCUT2D eigenvalue weighted by Crippen LogP contribution is 2.26. The SMILES string of the molecule is CNC(=O)CC(C)(C)CNC(=O)[C@@H](CC(=O)O)c1ccn(-c2ccc(-c3ccc(C#N)cc3)cc2)c1. The van der Waals surface area contributed by atoms with Gasteiger partial charge in [-0.1, -0.05) is 38.1 Å². The molecule has 0 aliphatic rings. The first-order valence-corrected chi connectivity index (χ1v) is 11.6. The molecule has 2 aromatic carbocycles. The van der Waals surface area contributed by atoms with Gasteiger partial charge in [0.15, 0.2) is 0 Å². The number of hydrogen-bond donors (Lipinski definition) is 3. The molecule has 1 aromatic heterocycles. The quantitative estimate of drug-likeness (QED) is 0.401. The molecule has 0 radical (unpaired) electrons. The lowest BCUT2D eigenvalue weighted by atomic mass is 9.88. The summed E-state index contributed by atoms with van der Waals surface area (Å²) in [4.78, 5) is 36.2. The lowest BCUT2D eigenvalue weighted by molar-refractivity contribution is -0.139. The third kappa shape index (κ3) is 6.83. The van der Waals surface area contributed by atoms with E-state index in [2.05, 4.69) is 16.7 Å². The molecule has 1 atom stereocenters. The van der Waals surface area contributed by atoms with Gasteiger partial charge in [0.1, 0.15) is 0 Å². The van der Waals surface area contributed by atoms with E-state index in [9.17, 15) is 19.5 Å². The van der Waals surface area contributed by atoms with E-state index in [-0.39, 0.29) is 25.3 Å². The Kier molecular flexibility index (Phi) is 8.28. The monoisotopic (exact) mass is 486 g/mol. The van der Waals surface area contributed by atoms with E-state index < -0.39 is 23.2 Å². The summed E-state index contributed by atoms with van der Waals surface area (Å²) in [7, 11) is 1.56. The number of carboxylic acid groups (broad SMARTS) is 1. The topological polar surface area (TPSA) is 124 Å². The fourth-order valence-electron chi connectivity index (χ4n) is 3.91. The second-order valence-corrected chi connectivity index (χ2v) is 9.47. The van der Waals surface area contributed by atoms with E-state index in [1.807, 2.05) is 54.8 Å². The van der Waals surface area contributed by atoms with Gasteiger partial charge < -0.3 is 20.3 Å². The molecule has 0 fully saturated rings. The number of nitrogens with zero attached hydrogens (tertiary/aromatic N) is 2. The number of carbonyl (C=O) groups is 3. The molecule has 3 N–H and O–H groups in total. The molecule has 0 spiro atoms. The zero-order chi connectivity index (χ0) is 26.3. The number of carbonyl (C=O) groups excluding carboxylic acids is 2. The van der Waals surface area contributed by atoms with Crippen LogP contribution in [0.5, 0.6) is 0 Å². The molecule has 0 bridgehead atoms. The van der Waals surface area contributed by atoms with Crippen LogP contribution in [0.25, 0.3) is 16.8 Å². The van der Waals surface area contributed by atoms with Crippen LogP contribution in [0.4, 0.5) is 0 Å². The zero-order valence-corrected chi connectivity index (χ0v) is 20.6. The van der Waals surface area contributed by atoms with E-state index in [0.717, 1.165) is 16.8 Å². The Morgan fingerprint density at radius 1 is 1.03 bits per heavy atom. The van der Waals surface area contributed by atoms with Crippen LogP contribution in [0.1, 0.15) is 43.7 Å². The predicted octanol–water partition coefficient (Wildman–Crippen LogP) is 3.85. The average molecular weight is 487 g/mol. The van der Waals surface area contributed by atoms with Gasteiger partial charge >= 0.3 is 5.97 Å². The van der Waals surface area contributed by atoms with Crippen molar-refractivity contribution in [2.45, 2.75) is 32.6 Å². The number of nitriles is 1. The first-order chi connectivity index (χ1) is 17.1. The number of carboxylic acids is 1. The largest absolute Gasteiger partial charge is 0.481 e. The van der Waals surface area contributed by atoms with E-state index in [1.54, 1.807) is 37.6 Å². The van der Waals surface area contributed by atoms with Crippen LogP contribution in [0, 0.1) is 16.7 Å². The summed E-state index contributed by atoms with van der Waals surface area (Å²) in [6, 6.07) is 19.0. The Labute approximate surface area is 210 Å². The summed E-state index contributed by atoms with van der Waals surface area (Å²) in [6.45, 7) is 3.98. The molecule has 186 valence electrons. The molecule has 0 saturated heterocycles. The highest BCUT2D eigenvalue weighted by atomic mass is 16.4. The smallest absolute Gasteiger partial charge is 0.304 e. The maximum absolute atomic E-state index is 13.0. The predicted molar refractivity (Wildman–Crippen MR) is 136 cm³/mol. The van der Waals surface area contributed by atoms with Gasteiger partial charge in [-0.15, -0.1) is 0 Å². The third-order valence-electron chi connectivity index (χ3n) is 5.99. The highest BCUT2D eigenvalue weighted by Gasteiger charge is 2.28. The van der Waals surface area contributed by atoms with E-state index in [0.29, 0.717) is 11.1 Å². The number of rotatable bonds is 10. The van der Waals surface area contributed by atoms with Crippen molar-refractivity contribution in [1.29, 1.82) is 5.26 Å². The summed E-state index contributed by atoms with van der Waals surface area (Å²) >= 11 is 0. The second-order valence-electron chi connectivity index (χ2n) is 9.47.